The minimum atomic E-state index is -0.678. The largest absolute Gasteiger partial charge is 0.387 e. The fourth-order valence-corrected chi connectivity index (χ4v) is 2.48. The molecule has 0 radical (unpaired) electrons. The van der Waals surface area contributed by atoms with E-state index in [0.717, 1.165) is 32.7 Å². The zero-order valence-electron chi connectivity index (χ0n) is 11.7. The van der Waals surface area contributed by atoms with Crippen LogP contribution in [0.2, 0.25) is 0 Å². The Labute approximate surface area is 118 Å². The van der Waals surface area contributed by atoms with Gasteiger partial charge in [0.2, 0.25) is 0 Å². The molecule has 1 aliphatic heterocycles. The summed E-state index contributed by atoms with van der Waals surface area (Å²) >= 11 is 0. The van der Waals surface area contributed by atoms with Gasteiger partial charge in [0.05, 0.1) is 11.0 Å². The summed E-state index contributed by atoms with van der Waals surface area (Å²) in [5.74, 6) is 0. The molecule has 6 nitrogen and oxygen atoms in total. The van der Waals surface area contributed by atoms with E-state index in [9.17, 15) is 15.2 Å². The summed E-state index contributed by atoms with van der Waals surface area (Å²) in [4.78, 5) is 14.9. The Morgan fingerprint density at radius 2 is 1.95 bits per heavy atom. The normalized spacial score (nSPS) is 18.9. The molecule has 0 aliphatic carbocycles. The molecule has 1 aliphatic rings. The van der Waals surface area contributed by atoms with Crippen molar-refractivity contribution in [2.24, 2.45) is 0 Å². The third-order valence-electron chi connectivity index (χ3n) is 3.81. The Morgan fingerprint density at radius 1 is 1.30 bits per heavy atom. The van der Waals surface area contributed by atoms with Gasteiger partial charge in [-0.25, -0.2) is 0 Å². The molecule has 1 fully saturated rings. The quantitative estimate of drug-likeness (QED) is 0.649. The molecule has 0 spiro atoms. The van der Waals surface area contributed by atoms with Crippen LogP contribution in [0.25, 0.3) is 0 Å². The number of benzene rings is 1. The number of likely N-dealkylation sites (N-methyl/N-ethyl adjacent to an activating group) is 1. The van der Waals surface area contributed by atoms with Crippen molar-refractivity contribution in [2.75, 3.05) is 39.3 Å². The van der Waals surface area contributed by atoms with Gasteiger partial charge < -0.3 is 10.0 Å². The van der Waals surface area contributed by atoms with E-state index in [2.05, 4.69) is 16.7 Å². The minimum absolute atomic E-state index is 0.0253. The number of piperazine rings is 1. The minimum Gasteiger partial charge on any atom is -0.387 e. The van der Waals surface area contributed by atoms with Crippen LogP contribution in [0, 0.1) is 10.1 Å². The molecule has 1 saturated heterocycles. The van der Waals surface area contributed by atoms with E-state index in [1.807, 2.05) is 0 Å². The number of aliphatic hydroxyl groups is 1. The molecule has 1 aromatic rings. The van der Waals surface area contributed by atoms with Crippen LogP contribution in [0.5, 0.6) is 0 Å². The molecule has 2 rings (SSSR count). The van der Waals surface area contributed by atoms with E-state index in [1.165, 1.54) is 12.1 Å². The van der Waals surface area contributed by atoms with Gasteiger partial charge in [-0.05, 0) is 12.1 Å². The molecule has 1 atom stereocenters. The molecule has 0 bridgehead atoms. The molecule has 1 unspecified atom stereocenters. The van der Waals surface area contributed by atoms with Gasteiger partial charge in [-0.3, -0.25) is 15.0 Å². The van der Waals surface area contributed by atoms with Crippen LogP contribution in [0.15, 0.2) is 24.3 Å². The first-order valence-corrected chi connectivity index (χ1v) is 6.97. The third-order valence-corrected chi connectivity index (χ3v) is 3.81. The SMILES string of the molecule is CCN1CCN(CC(O)c2cccc([N+](=O)[O-])c2)CC1. The number of rotatable bonds is 5. The first kappa shape index (κ1) is 14.9. The number of non-ortho nitro benzene ring substituents is 1. The lowest BCUT2D eigenvalue weighted by molar-refractivity contribution is -0.385. The predicted octanol–water partition coefficient (Wildman–Crippen LogP) is 1.27. The molecular formula is C14H21N3O3. The number of nitro groups is 1. The van der Waals surface area contributed by atoms with E-state index in [0.29, 0.717) is 12.1 Å². The zero-order chi connectivity index (χ0) is 14.5. The van der Waals surface area contributed by atoms with Crippen molar-refractivity contribution in [3.63, 3.8) is 0 Å². The number of nitrogens with zero attached hydrogens (tertiary/aromatic N) is 3. The summed E-state index contributed by atoms with van der Waals surface area (Å²) in [7, 11) is 0. The predicted molar refractivity (Wildman–Crippen MR) is 76.6 cm³/mol. The highest BCUT2D eigenvalue weighted by Crippen LogP contribution is 2.20. The summed E-state index contributed by atoms with van der Waals surface area (Å²) in [6, 6.07) is 6.24. The molecule has 0 aromatic heterocycles. The highest BCUT2D eigenvalue weighted by molar-refractivity contribution is 5.35. The lowest BCUT2D eigenvalue weighted by Crippen LogP contribution is -2.47. The second-order valence-corrected chi connectivity index (χ2v) is 5.10. The Morgan fingerprint density at radius 3 is 2.55 bits per heavy atom. The molecule has 1 heterocycles. The second kappa shape index (κ2) is 6.78. The van der Waals surface area contributed by atoms with E-state index in [1.54, 1.807) is 12.1 Å². The second-order valence-electron chi connectivity index (χ2n) is 5.10. The molecule has 6 heteroatoms. The van der Waals surface area contributed by atoms with E-state index in [-0.39, 0.29) is 5.69 Å². The standard InChI is InChI=1S/C14H21N3O3/c1-2-15-6-8-16(9-7-15)11-14(18)12-4-3-5-13(10-12)17(19)20/h3-5,10,14,18H,2,6-9,11H2,1H3. The fraction of sp³-hybridized carbons (Fsp3) is 0.571. The van der Waals surface area contributed by atoms with Crippen molar-refractivity contribution in [1.82, 2.24) is 9.80 Å². The van der Waals surface area contributed by atoms with Crippen molar-refractivity contribution in [3.8, 4) is 0 Å². The Balaban J connectivity index is 1.93. The van der Waals surface area contributed by atoms with Crippen LogP contribution in [-0.4, -0.2) is 59.1 Å². The van der Waals surface area contributed by atoms with Gasteiger partial charge in [0.15, 0.2) is 0 Å². The number of hydrogen-bond donors (Lipinski definition) is 1. The number of hydrogen-bond acceptors (Lipinski definition) is 5. The molecular weight excluding hydrogens is 258 g/mol. The maximum Gasteiger partial charge on any atom is 0.269 e. The smallest absolute Gasteiger partial charge is 0.269 e. The van der Waals surface area contributed by atoms with Crippen LogP contribution in [0.3, 0.4) is 0 Å². The van der Waals surface area contributed by atoms with Gasteiger partial charge in [0, 0.05) is 44.9 Å². The van der Waals surface area contributed by atoms with Crippen molar-refractivity contribution >= 4 is 5.69 Å². The van der Waals surface area contributed by atoms with Crippen LogP contribution >= 0.6 is 0 Å². The van der Waals surface area contributed by atoms with Crippen LogP contribution in [-0.2, 0) is 0 Å². The molecule has 1 N–H and O–H groups in total. The highest BCUT2D eigenvalue weighted by atomic mass is 16.6. The first-order chi connectivity index (χ1) is 9.60. The van der Waals surface area contributed by atoms with Gasteiger partial charge in [-0.2, -0.15) is 0 Å². The van der Waals surface area contributed by atoms with Crippen LogP contribution in [0.1, 0.15) is 18.6 Å². The van der Waals surface area contributed by atoms with Crippen molar-refractivity contribution in [1.29, 1.82) is 0 Å². The van der Waals surface area contributed by atoms with Crippen LogP contribution < -0.4 is 0 Å². The third kappa shape index (κ3) is 3.75. The first-order valence-electron chi connectivity index (χ1n) is 6.97. The maximum absolute atomic E-state index is 10.7. The molecule has 20 heavy (non-hydrogen) atoms. The Bertz CT molecular complexity index is 459. The van der Waals surface area contributed by atoms with Gasteiger partial charge in [0.1, 0.15) is 0 Å². The topological polar surface area (TPSA) is 69.8 Å². The Kier molecular flexibility index (Phi) is 5.05. The maximum atomic E-state index is 10.7. The summed E-state index contributed by atoms with van der Waals surface area (Å²) < 4.78 is 0. The number of nitro benzene ring substituents is 1. The lowest BCUT2D eigenvalue weighted by Gasteiger charge is -2.35. The summed E-state index contributed by atoms with van der Waals surface area (Å²) in [6.07, 6.45) is -0.678. The fourth-order valence-electron chi connectivity index (χ4n) is 2.48. The highest BCUT2D eigenvalue weighted by Gasteiger charge is 2.20. The average molecular weight is 279 g/mol. The van der Waals surface area contributed by atoms with Crippen molar-refractivity contribution < 1.29 is 10.0 Å². The number of aliphatic hydroxyl groups excluding tert-OH is 1. The zero-order valence-corrected chi connectivity index (χ0v) is 11.7. The van der Waals surface area contributed by atoms with Gasteiger partial charge in [-0.15, -0.1) is 0 Å². The van der Waals surface area contributed by atoms with Crippen molar-refractivity contribution in [2.45, 2.75) is 13.0 Å². The van der Waals surface area contributed by atoms with Gasteiger partial charge in [-0.1, -0.05) is 19.1 Å². The summed E-state index contributed by atoms with van der Waals surface area (Å²) in [5, 5.41) is 21.0. The number of β-amino-alcohol motifs (C(OH)–C–C–N with tert-alkyl or cyclic N) is 1. The van der Waals surface area contributed by atoms with Gasteiger partial charge >= 0.3 is 0 Å². The lowest BCUT2D eigenvalue weighted by atomic mass is 10.1. The van der Waals surface area contributed by atoms with Gasteiger partial charge in [0.25, 0.3) is 5.69 Å². The Hall–Kier alpha value is -1.50. The van der Waals surface area contributed by atoms with E-state index >= 15 is 0 Å². The van der Waals surface area contributed by atoms with Crippen molar-refractivity contribution in [3.05, 3.63) is 39.9 Å². The summed E-state index contributed by atoms with van der Waals surface area (Å²) in [5.41, 5.74) is 0.634. The molecule has 1 aromatic carbocycles. The van der Waals surface area contributed by atoms with E-state index < -0.39 is 11.0 Å². The molecule has 0 saturated carbocycles. The van der Waals surface area contributed by atoms with E-state index in [4.69, 9.17) is 0 Å². The average Bonchev–Trinajstić information content (AvgIpc) is 2.48. The summed E-state index contributed by atoms with van der Waals surface area (Å²) in [6.45, 7) is 7.61. The molecule has 110 valence electrons. The van der Waals surface area contributed by atoms with Crippen LogP contribution in [0.4, 0.5) is 5.69 Å². The monoisotopic (exact) mass is 279 g/mol. The molecule has 0 amide bonds.